The molecule has 4 nitrogen and oxygen atoms in total. The van der Waals surface area contributed by atoms with Crippen molar-refractivity contribution in [3.05, 3.63) is 18.2 Å². The largest absolute Gasteiger partial charge is 0.334 e. The lowest BCUT2D eigenvalue weighted by molar-refractivity contribution is 0.122. The van der Waals surface area contributed by atoms with Crippen molar-refractivity contribution in [3.63, 3.8) is 0 Å². The number of rotatable bonds is 6. The van der Waals surface area contributed by atoms with Crippen molar-refractivity contribution in [2.45, 2.75) is 70.5 Å². The van der Waals surface area contributed by atoms with Crippen LogP contribution in [0.3, 0.4) is 0 Å². The van der Waals surface area contributed by atoms with Gasteiger partial charge >= 0.3 is 0 Å². The van der Waals surface area contributed by atoms with Crippen LogP contribution in [0.2, 0.25) is 0 Å². The van der Waals surface area contributed by atoms with E-state index in [2.05, 4.69) is 53.9 Å². The summed E-state index contributed by atoms with van der Waals surface area (Å²) in [6.07, 6.45) is 12.1. The van der Waals surface area contributed by atoms with Gasteiger partial charge in [0.25, 0.3) is 0 Å². The van der Waals surface area contributed by atoms with E-state index in [0.717, 1.165) is 18.9 Å². The van der Waals surface area contributed by atoms with E-state index < -0.39 is 0 Å². The summed E-state index contributed by atoms with van der Waals surface area (Å²) in [5.74, 6) is 1.10. The Labute approximate surface area is 129 Å². The van der Waals surface area contributed by atoms with Crippen LogP contribution in [0.5, 0.6) is 0 Å². The van der Waals surface area contributed by atoms with Crippen molar-refractivity contribution in [2.24, 2.45) is 0 Å². The zero-order valence-corrected chi connectivity index (χ0v) is 14.2. The Kier molecular flexibility index (Phi) is 5.82. The van der Waals surface area contributed by atoms with Gasteiger partial charge in [0.15, 0.2) is 0 Å². The normalized spacial score (nSPS) is 20.4. The van der Waals surface area contributed by atoms with E-state index in [-0.39, 0.29) is 0 Å². The number of imidazole rings is 1. The molecule has 0 aromatic carbocycles. The van der Waals surface area contributed by atoms with Crippen LogP contribution in [-0.2, 0) is 6.54 Å². The molecular formula is C17H32N4. The first kappa shape index (κ1) is 16.5. The van der Waals surface area contributed by atoms with Crippen molar-refractivity contribution in [1.29, 1.82) is 0 Å². The molecule has 1 heterocycles. The Balaban J connectivity index is 1.90. The number of aryl methyl sites for hydroxylation is 1. The second-order valence-electron chi connectivity index (χ2n) is 6.94. The van der Waals surface area contributed by atoms with Gasteiger partial charge in [0, 0.05) is 37.1 Å². The number of hydrogen-bond donors (Lipinski definition) is 1. The Bertz CT molecular complexity index is 416. The molecule has 1 aliphatic rings. The Morgan fingerprint density at radius 3 is 2.48 bits per heavy atom. The van der Waals surface area contributed by atoms with Crippen LogP contribution in [0.25, 0.3) is 0 Å². The SMILES string of the molecule is Cc1nccn1C[C@H](C)NCC1(N(C)C)CCCCCC1. The third-order valence-electron chi connectivity index (χ3n) is 5.16. The molecule has 1 aliphatic carbocycles. The highest BCUT2D eigenvalue weighted by atomic mass is 15.2. The molecule has 2 rings (SSSR count). The van der Waals surface area contributed by atoms with Crippen LogP contribution in [-0.4, -0.2) is 46.7 Å². The molecule has 1 aromatic rings. The highest BCUT2D eigenvalue weighted by Crippen LogP contribution is 2.30. The number of hydrogen-bond acceptors (Lipinski definition) is 3. The highest BCUT2D eigenvalue weighted by Gasteiger charge is 2.33. The molecule has 1 fully saturated rings. The summed E-state index contributed by atoms with van der Waals surface area (Å²) >= 11 is 0. The molecular weight excluding hydrogens is 260 g/mol. The molecule has 120 valence electrons. The minimum Gasteiger partial charge on any atom is -0.334 e. The molecule has 21 heavy (non-hydrogen) atoms. The van der Waals surface area contributed by atoms with Crippen LogP contribution in [0.15, 0.2) is 12.4 Å². The van der Waals surface area contributed by atoms with Gasteiger partial charge in [-0.05, 0) is 40.8 Å². The highest BCUT2D eigenvalue weighted by molar-refractivity contribution is 4.93. The molecule has 0 spiro atoms. The minimum atomic E-state index is 0.342. The molecule has 1 atom stereocenters. The van der Waals surface area contributed by atoms with Gasteiger partial charge in [0.2, 0.25) is 0 Å². The molecule has 0 amide bonds. The maximum atomic E-state index is 4.30. The van der Waals surface area contributed by atoms with Gasteiger partial charge in [0.05, 0.1) is 0 Å². The van der Waals surface area contributed by atoms with Crippen molar-refractivity contribution < 1.29 is 0 Å². The third-order valence-corrected chi connectivity index (χ3v) is 5.16. The molecule has 0 bridgehead atoms. The molecule has 4 heteroatoms. The molecule has 0 saturated heterocycles. The molecule has 1 N–H and O–H groups in total. The molecule has 0 aliphatic heterocycles. The van der Waals surface area contributed by atoms with Crippen LogP contribution < -0.4 is 5.32 Å². The fourth-order valence-electron chi connectivity index (χ4n) is 3.49. The number of nitrogens with one attached hydrogen (secondary N) is 1. The first-order valence-electron chi connectivity index (χ1n) is 8.42. The number of aromatic nitrogens is 2. The van der Waals surface area contributed by atoms with Gasteiger partial charge in [-0.3, -0.25) is 0 Å². The van der Waals surface area contributed by atoms with Crippen LogP contribution >= 0.6 is 0 Å². The number of nitrogens with zero attached hydrogens (tertiary/aromatic N) is 3. The van der Waals surface area contributed by atoms with Gasteiger partial charge in [-0.2, -0.15) is 0 Å². The molecule has 1 aromatic heterocycles. The summed E-state index contributed by atoms with van der Waals surface area (Å²) in [6, 6.07) is 0.470. The zero-order chi connectivity index (χ0) is 15.3. The average Bonchev–Trinajstić information content (AvgIpc) is 2.72. The predicted octanol–water partition coefficient (Wildman–Crippen LogP) is 2.82. The van der Waals surface area contributed by atoms with Crippen LogP contribution in [0.4, 0.5) is 0 Å². The van der Waals surface area contributed by atoms with Gasteiger partial charge in [0.1, 0.15) is 5.82 Å². The smallest absolute Gasteiger partial charge is 0.105 e. The molecule has 0 radical (unpaired) electrons. The quantitative estimate of drug-likeness (QED) is 0.819. The van der Waals surface area contributed by atoms with Crippen molar-refractivity contribution in [2.75, 3.05) is 20.6 Å². The molecule has 1 saturated carbocycles. The summed E-state index contributed by atoms with van der Waals surface area (Å²) in [5, 5.41) is 3.78. The van der Waals surface area contributed by atoms with E-state index in [1.165, 1.54) is 38.5 Å². The predicted molar refractivity (Wildman–Crippen MR) is 88.5 cm³/mol. The van der Waals surface area contributed by atoms with Crippen molar-refractivity contribution in [3.8, 4) is 0 Å². The maximum Gasteiger partial charge on any atom is 0.105 e. The first-order valence-corrected chi connectivity index (χ1v) is 8.42. The summed E-state index contributed by atoms with van der Waals surface area (Å²) in [4.78, 5) is 6.76. The Morgan fingerprint density at radius 1 is 1.29 bits per heavy atom. The van der Waals surface area contributed by atoms with Gasteiger partial charge in [-0.1, -0.05) is 25.7 Å². The summed E-state index contributed by atoms with van der Waals surface area (Å²) in [5.41, 5.74) is 0.342. The van der Waals surface area contributed by atoms with Crippen LogP contribution in [0.1, 0.15) is 51.3 Å². The summed E-state index contributed by atoms with van der Waals surface area (Å²) < 4.78 is 2.23. The van der Waals surface area contributed by atoms with Gasteiger partial charge in [-0.15, -0.1) is 0 Å². The fraction of sp³-hybridized carbons (Fsp3) is 0.824. The van der Waals surface area contributed by atoms with Gasteiger partial charge < -0.3 is 14.8 Å². The minimum absolute atomic E-state index is 0.342. The second kappa shape index (κ2) is 7.41. The van der Waals surface area contributed by atoms with E-state index in [9.17, 15) is 0 Å². The van der Waals surface area contributed by atoms with Gasteiger partial charge in [-0.25, -0.2) is 4.98 Å². The van der Waals surface area contributed by atoms with Crippen molar-refractivity contribution in [1.82, 2.24) is 19.8 Å². The van der Waals surface area contributed by atoms with E-state index in [0.29, 0.717) is 11.6 Å². The monoisotopic (exact) mass is 292 g/mol. The van der Waals surface area contributed by atoms with Crippen LogP contribution in [0, 0.1) is 6.92 Å². The van der Waals surface area contributed by atoms with E-state index in [1.807, 2.05) is 6.20 Å². The molecule has 0 unspecified atom stereocenters. The standard InChI is InChI=1S/C17H32N4/c1-15(13-21-12-11-18-16(21)2)19-14-17(20(3)4)9-7-5-6-8-10-17/h11-12,15,19H,5-10,13-14H2,1-4H3/t15-/m0/s1. The Hall–Kier alpha value is -0.870. The van der Waals surface area contributed by atoms with E-state index in [1.54, 1.807) is 0 Å². The van der Waals surface area contributed by atoms with Crippen molar-refractivity contribution >= 4 is 0 Å². The maximum absolute atomic E-state index is 4.30. The van der Waals surface area contributed by atoms with E-state index >= 15 is 0 Å². The van der Waals surface area contributed by atoms with E-state index in [4.69, 9.17) is 0 Å². The number of likely N-dealkylation sites (N-methyl/N-ethyl adjacent to an activating group) is 1. The lowest BCUT2D eigenvalue weighted by Gasteiger charge is -2.40. The second-order valence-corrected chi connectivity index (χ2v) is 6.94. The lowest BCUT2D eigenvalue weighted by atomic mass is 9.88. The lowest BCUT2D eigenvalue weighted by Crippen LogP contribution is -2.53. The Morgan fingerprint density at radius 2 is 1.95 bits per heavy atom. The average molecular weight is 292 g/mol. The first-order chi connectivity index (χ1) is 10.0. The third kappa shape index (κ3) is 4.30. The topological polar surface area (TPSA) is 33.1 Å². The summed E-state index contributed by atoms with van der Waals surface area (Å²) in [6.45, 7) is 6.43. The fourth-order valence-corrected chi connectivity index (χ4v) is 3.49. The summed E-state index contributed by atoms with van der Waals surface area (Å²) in [7, 11) is 4.50. The zero-order valence-electron chi connectivity index (χ0n) is 14.2.